The summed E-state index contributed by atoms with van der Waals surface area (Å²) in [7, 11) is 1.85. The van der Waals surface area contributed by atoms with Crippen LogP contribution in [0.3, 0.4) is 0 Å². The molecule has 106 valence electrons. The maximum Gasteiger partial charge on any atom is 0.323 e. The zero-order valence-electron chi connectivity index (χ0n) is 11.4. The molecule has 20 heavy (non-hydrogen) atoms. The minimum Gasteiger partial charge on any atom is -0.480 e. The second-order valence-corrected chi connectivity index (χ2v) is 4.65. The van der Waals surface area contributed by atoms with Gasteiger partial charge in [-0.05, 0) is 24.1 Å². The van der Waals surface area contributed by atoms with Crippen molar-refractivity contribution < 1.29 is 9.90 Å². The molecule has 0 bridgehead atoms. The Morgan fingerprint density at radius 3 is 2.80 bits per heavy atom. The summed E-state index contributed by atoms with van der Waals surface area (Å²) >= 11 is 0. The van der Waals surface area contributed by atoms with Gasteiger partial charge >= 0.3 is 5.97 Å². The van der Waals surface area contributed by atoms with E-state index >= 15 is 0 Å². The standard InChI is InChI=1S/C14H18N4O2/c1-17-9-11(8-16-17)6-7-18(10-14(19)20)13-5-3-2-4-12(13)15/h2-5,8-9H,6-7,10,15H2,1H3,(H,19,20). The number of benzene rings is 1. The highest BCUT2D eigenvalue weighted by atomic mass is 16.4. The Morgan fingerprint density at radius 1 is 1.45 bits per heavy atom. The van der Waals surface area contributed by atoms with Crippen molar-refractivity contribution in [2.24, 2.45) is 7.05 Å². The lowest BCUT2D eigenvalue weighted by Crippen LogP contribution is -2.32. The lowest BCUT2D eigenvalue weighted by molar-refractivity contribution is -0.135. The molecule has 0 fully saturated rings. The zero-order chi connectivity index (χ0) is 14.5. The molecule has 1 aromatic heterocycles. The second-order valence-electron chi connectivity index (χ2n) is 4.65. The van der Waals surface area contributed by atoms with E-state index in [4.69, 9.17) is 10.8 Å². The number of para-hydroxylation sites is 2. The summed E-state index contributed by atoms with van der Waals surface area (Å²) in [5.41, 5.74) is 8.32. The van der Waals surface area contributed by atoms with E-state index in [1.807, 2.05) is 31.4 Å². The first kappa shape index (κ1) is 13.9. The topological polar surface area (TPSA) is 84.4 Å². The van der Waals surface area contributed by atoms with Crippen molar-refractivity contribution in [1.82, 2.24) is 9.78 Å². The molecule has 0 atom stereocenters. The van der Waals surface area contributed by atoms with Crippen LogP contribution in [0.2, 0.25) is 0 Å². The Kier molecular flexibility index (Phi) is 4.24. The van der Waals surface area contributed by atoms with Crippen molar-refractivity contribution in [1.29, 1.82) is 0 Å². The average molecular weight is 274 g/mol. The highest BCUT2D eigenvalue weighted by Gasteiger charge is 2.13. The number of hydrogen-bond donors (Lipinski definition) is 2. The molecule has 0 saturated carbocycles. The molecule has 6 nitrogen and oxygen atoms in total. The van der Waals surface area contributed by atoms with Crippen LogP contribution in [0.5, 0.6) is 0 Å². The molecular formula is C14H18N4O2. The molecule has 1 aromatic carbocycles. The van der Waals surface area contributed by atoms with Gasteiger partial charge in [0.05, 0.1) is 17.6 Å². The van der Waals surface area contributed by atoms with Crippen LogP contribution >= 0.6 is 0 Å². The summed E-state index contributed by atoms with van der Waals surface area (Å²) in [6.07, 6.45) is 4.43. The highest BCUT2D eigenvalue weighted by Crippen LogP contribution is 2.22. The summed E-state index contributed by atoms with van der Waals surface area (Å²) in [6.45, 7) is 0.501. The summed E-state index contributed by atoms with van der Waals surface area (Å²) in [4.78, 5) is 12.8. The minimum absolute atomic E-state index is 0.0749. The highest BCUT2D eigenvalue weighted by molar-refractivity contribution is 5.77. The van der Waals surface area contributed by atoms with Gasteiger partial charge in [0.2, 0.25) is 0 Å². The van der Waals surface area contributed by atoms with Crippen molar-refractivity contribution in [3.63, 3.8) is 0 Å². The van der Waals surface area contributed by atoms with E-state index in [0.29, 0.717) is 12.2 Å². The third kappa shape index (κ3) is 3.50. The van der Waals surface area contributed by atoms with E-state index in [1.165, 1.54) is 0 Å². The number of aryl methyl sites for hydroxylation is 1. The lowest BCUT2D eigenvalue weighted by atomic mass is 10.2. The van der Waals surface area contributed by atoms with Crippen molar-refractivity contribution in [2.75, 3.05) is 23.7 Å². The lowest BCUT2D eigenvalue weighted by Gasteiger charge is -2.24. The van der Waals surface area contributed by atoms with Gasteiger partial charge in [0.1, 0.15) is 6.54 Å². The van der Waals surface area contributed by atoms with E-state index in [0.717, 1.165) is 17.7 Å². The van der Waals surface area contributed by atoms with Gasteiger partial charge in [-0.3, -0.25) is 9.48 Å². The Labute approximate surface area is 117 Å². The van der Waals surface area contributed by atoms with Crippen LogP contribution in [0.25, 0.3) is 0 Å². The summed E-state index contributed by atoms with van der Waals surface area (Å²) in [5.74, 6) is -0.876. The van der Waals surface area contributed by atoms with Gasteiger partial charge in [-0.25, -0.2) is 0 Å². The molecule has 2 rings (SSSR count). The molecule has 0 spiro atoms. The molecule has 0 aliphatic heterocycles. The number of carboxylic acid groups (broad SMARTS) is 1. The molecule has 0 saturated heterocycles. The van der Waals surface area contributed by atoms with Crippen molar-refractivity contribution in [3.05, 3.63) is 42.2 Å². The van der Waals surface area contributed by atoms with Crippen LogP contribution in [0, 0.1) is 0 Å². The Hall–Kier alpha value is -2.50. The van der Waals surface area contributed by atoms with Crippen LogP contribution in [0.4, 0.5) is 11.4 Å². The number of nitrogen functional groups attached to an aromatic ring is 1. The maximum atomic E-state index is 11.0. The molecule has 0 radical (unpaired) electrons. The number of aliphatic carboxylic acids is 1. The van der Waals surface area contributed by atoms with Gasteiger partial charge in [0.15, 0.2) is 0 Å². The fourth-order valence-corrected chi connectivity index (χ4v) is 2.09. The first-order chi connectivity index (χ1) is 9.56. The first-order valence-electron chi connectivity index (χ1n) is 6.35. The number of rotatable bonds is 6. The Bertz CT molecular complexity index is 594. The number of hydrogen-bond acceptors (Lipinski definition) is 4. The van der Waals surface area contributed by atoms with Crippen LogP contribution in [-0.2, 0) is 18.3 Å². The van der Waals surface area contributed by atoms with E-state index in [-0.39, 0.29) is 6.54 Å². The molecule has 0 aliphatic rings. The number of aromatic nitrogens is 2. The molecule has 0 amide bonds. The van der Waals surface area contributed by atoms with Gasteiger partial charge in [-0.1, -0.05) is 12.1 Å². The largest absolute Gasteiger partial charge is 0.480 e. The number of carbonyl (C=O) groups is 1. The second kappa shape index (κ2) is 6.10. The van der Waals surface area contributed by atoms with Crippen molar-refractivity contribution >= 4 is 17.3 Å². The van der Waals surface area contributed by atoms with Gasteiger partial charge in [0, 0.05) is 19.8 Å². The van der Waals surface area contributed by atoms with E-state index < -0.39 is 5.97 Å². The molecule has 0 unspecified atom stereocenters. The normalized spacial score (nSPS) is 10.4. The predicted octanol–water partition coefficient (Wildman–Crippen LogP) is 1.14. The molecule has 6 heteroatoms. The number of carboxylic acids is 1. The number of nitrogens with two attached hydrogens (primary N) is 1. The van der Waals surface area contributed by atoms with E-state index in [9.17, 15) is 4.79 Å². The van der Waals surface area contributed by atoms with Gasteiger partial charge in [-0.2, -0.15) is 5.10 Å². The summed E-state index contributed by atoms with van der Waals surface area (Å²) in [6, 6.07) is 7.29. The SMILES string of the molecule is Cn1cc(CCN(CC(=O)O)c2ccccc2N)cn1. The molecule has 2 aromatic rings. The monoisotopic (exact) mass is 274 g/mol. The van der Waals surface area contributed by atoms with Crippen molar-refractivity contribution in [2.45, 2.75) is 6.42 Å². The first-order valence-corrected chi connectivity index (χ1v) is 6.35. The Morgan fingerprint density at radius 2 is 2.20 bits per heavy atom. The quantitative estimate of drug-likeness (QED) is 0.772. The number of nitrogens with zero attached hydrogens (tertiary/aromatic N) is 3. The third-order valence-corrected chi connectivity index (χ3v) is 3.03. The fraction of sp³-hybridized carbons (Fsp3) is 0.286. The van der Waals surface area contributed by atoms with Crippen LogP contribution in [0.15, 0.2) is 36.7 Å². The summed E-state index contributed by atoms with van der Waals surface area (Å²) in [5, 5.41) is 13.1. The van der Waals surface area contributed by atoms with Gasteiger partial charge in [-0.15, -0.1) is 0 Å². The minimum atomic E-state index is -0.876. The van der Waals surface area contributed by atoms with Gasteiger partial charge in [0.25, 0.3) is 0 Å². The molecule has 1 heterocycles. The molecular weight excluding hydrogens is 256 g/mol. The zero-order valence-corrected chi connectivity index (χ0v) is 11.4. The van der Waals surface area contributed by atoms with E-state index in [2.05, 4.69) is 5.10 Å². The average Bonchev–Trinajstić information content (AvgIpc) is 2.81. The maximum absolute atomic E-state index is 11.0. The molecule has 3 N–H and O–H groups in total. The number of anilines is 2. The summed E-state index contributed by atoms with van der Waals surface area (Å²) < 4.78 is 1.73. The van der Waals surface area contributed by atoms with E-state index in [1.54, 1.807) is 21.8 Å². The van der Waals surface area contributed by atoms with Crippen LogP contribution in [0.1, 0.15) is 5.56 Å². The van der Waals surface area contributed by atoms with Gasteiger partial charge < -0.3 is 15.7 Å². The van der Waals surface area contributed by atoms with Crippen molar-refractivity contribution in [3.8, 4) is 0 Å². The molecule has 0 aliphatic carbocycles. The van der Waals surface area contributed by atoms with Crippen LogP contribution in [-0.4, -0.2) is 33.9 Å². The Balaban J connectivity index is 2.11. The smallest absolute Gasteiger partial charge is 0.323 e. The van der Waals surface area contributed by atoms with Crippen LogP contribution < -0.4 is 10.6 Å². The predicted molar refractivity (Wildman–Crippen MR) is 77.6 cm³/mol. The fourth-order valence-electron chi connectivity index (χ4n) is 2.09. The third-order valence-electron chi connectivity index (χ3n) is 3.03.